The minimum absolute atomic E-state index is 0. The van der Waals surface area contributed by atoms with Crippen molar-refractivity contribution in [3.05, 3.63) is 18.9 Å². The molecular formula is C11H18N6Y-2. The van der Waals surface area contributed by atoms with Gasteiger partial charge in [0.25, 0.3) is 0 Å². The van der Waals surface area contributed by atoms with Gasteiger partial charge in [0.05, 0.1) is 22.6 Å². The number of nitrogens with one attached hydrogen (secondary N) is 1. The number of unbranched alkanes of at least 4 members (excludes halogenated alkanes) is 1. The molecule has 0 aromatic carbocycles. The third kappa shape index (κ3) is 3.88. The average molecular weight is 323 g/mol. The second-order valence-corrected chi connectivity index (χ2v) is 3.65. The number of nitrogens with two attached hydrogens (primary N) is 1. The van der Waals surface area contributed by atoms with Crippen LogP contribution in [-0.2, 0) is 32.7 Å². The van der Waals surface area contributed by atoms with Crippen molar-refractivity contribution < 1.29 is 32.7 Å². The molecule has 2 aromatic rings. The maximum atomic E-state index is 5.76. The van der Waals surface area contributed by atoms with Crippen LogP contribution in [0.1, 0.15) is 25.6 Å². The summed E-state index contributed by atoms with van der Waals surface area (Å²) in [6.45, 7) is 4.68. The van der Waals surface area contributed by atoms with Gasteiger partial charge in [0.1, 0.15) is 5.82 Å². The summed E-state index contributed by atoms with van der Waals surface area (Å²) in [5.74, 6) is 1.04. The molecule has 18 heavy (non-hydrogen) atoms. The van der Waals surface area contributed by atoms with E-state index in [9.17, 15) is 0 Å². The normalized spacial score (nSPS) is 11.1. The van der Waals surface area contributed by atoms with Crippen LogP contribution in [0.25, 0.3) is 11.2 Å². The number of aromatic nitrogens is 4. The quantitative estimate of drug-likeness (QED) is 0.650. The Labute approximate surface area is 132 Å². The predicted molar refractivity (Wildman–Crippen MR) is 68.1 cm³/mol. The molecule has 1 radical (unpaired) electrons. The molecule has 0 spiro atoms. The molecule has 2 rings (SSSR count). The van der Waals surface area contributed by atoms with Crippen LogP contribution in [0.15, 0.2) is 4.99 Å². The van der Waals surface area contributed by atoms with Crippen molar-refractivity contribution >= 4 is 17.0 Å². The number of anilines is 1. The van der Waals surface area contributed by atoms with Gasteiger partial charge in [0.2, 0.25) is 0 Å². The van der Waals surface area contributed by atoms with E-state index < -0.39 is 0 Å². The summed E-state index contributed by atoms with van der Waals surface area (Å²) >= 11 is 0. The molecule has 0 saturated carbocycles. The van der Waals surface area contributed by atoms with Gasteiger partial charge in [-0.1, -0.05) is 13.3 Å². The Bertz CT molecular complexity index is 556. The largest absolute Gasteiger partial charge is 0.385 e. The summed E-state index contributed by atoms with van der Waals surface area (Å²) in [5.41, 5.74) is 7.59. The van der Waals surface area contributed by atoms with Crippen LogP contribution < -0.4 is 16.3 Å². The first-order valence-corrected chi connectivity index (χ1v) is 5.38. The van der Waals surface area contributed by atoms with Crippen molar-refractivity contribution in [1.29, 1.82) is 0 Å². The number of fused-ring (bicyclic) bond motifs is 1. The molecule has 2 aromatic heterocycles. The van der Waals surface area contributed by atoms with E-state index in [4.69, 9.17) is 5.73 Å². The second kappa shape index (κ2) is 7.64. The monoisotopic (exact) mass is 323 g/mol. The zero-order chi connectivity index (χ0) is 11.5. The number of hydrogen-bond acceptors (Lipinski definition) is 4. The minimum atomic E-state index is 0. The third-order valence-corrected chi connectivity index (χ3v) is 2.25. The smallest absolute Gasteiger partial charge is 0.138 e. The van der Waals surface area contributed by atoms with Crippen molar-refractivity contribution in [3.8, 4) is 0 Å². The summed E-state index contributed by atoms with van der Waals surface area (Å²) in [5, 5.41) is 0. The molecule has 97 valence electrons. The van der Waals surface area contributed by atoms with Gasteiger partial charge in [-0.15, -0.1) is 0 Å². The second-order valence-electron chi connectivity index (χ2n) is 3.65. The van der Waals surface area contributed by atoms with Crippen LogP contribution in [-0.4, -0.2) is 21.5 Å². The number of rotatable bonds is 3. The Balaban J connectivity index is 0.00000144. The van der Waals surface area contributed by atoms with E-state index in [1.54, 1.807) is 6.92 Å². The number of H-pyrrole nitrogens is 1. The summed E-state index contributed by atoms with van der Waals surface area (Å²) in [6, 6.07) is 0. The van der Waals surface area contributed by atoms with Crippen LogP contribution >= 0.6 is 0 Å². The van der Waals surface area contributed by atoms with Crippen LogP contribution in [0.3, 0.4) is 0 Å². The fourth-order valence-electron chi connectivity index (χ4n) is 1.44. The average Bonchev–Trinajstić information content (AvgIpc) is 2.61. The van der Waals surface area contributed by atoms with E-state index >= 15 is 0 Å². The first kappa shape index (κ1) is 17.3. The van der Waals surface area contributed by atoms with Gasteiger partial charge in [0.15, 0.2) is 0 Å². The van der Waals surface area contributed by atoms with Gasteiger partial charge < -0.3 is 33.1 Å². The van der Waals surface area contributed by atoms with E-state index in [0.717, 1.165) is 19.4 Å². The van der Waals surface area contributed by atoms with Crippen molar-refractivity contribution in [2.45, 2.75) is 26.7 Å². The van der Waals surface area contributed by atoms with E-state index in [2.05, 4.69) is 31.9 Å². The van der Waals surface area contributed by atoms with Gasteiger partial charge in [-0.25, -0.2) is 4.98 Å². The zero-order valence-corrected chi connectivity index (χ0v) is 13.9. The fraction of sp³-hybridized carbons (Fsp3) is 0.455. The number of aromatic amines is 1. The van der Waals surface area contributed by atoms with Crippen molar-refractivity contribution in [1.82, 2.24) is 19.9 Å². The first-order valence-electron chi connectivity index (χ1n) is 5.38. The third-order valence-electron chi connectivity index (χ3n) is 2.25. The molecule has 0 bridgehead atoms. The van der Waals surface area contributed by atoms with Gasteiger partial charge >= 0.3 is 0 Å². The van der Waals surface area contributed by atoms with E-state index in [-0.39, 0.29) is 40.1 Å². The Morgan fingerprint density at radius 1 is 1.39 bits per heavy atom. The molecule has 0 aliphatic carbocycles. The summed E-state index contributed by atoms with van der Waals surface area (Å²) in [4.78, 5) is 19.8. The fourth-order valence-corrected chi connectivity index (χ4v) is 1.44. The van der Waals surface area contributed by atoms with E-state index in [1.165, 1.54) is 0 Å². The topological polar surface area (TPSA) is 94.1 Å². The van der Waals surface area contributed by atoms with Crippen LogP contribution in [0, 0.1) is 14.4 Å². The molecule has 0 atom stereocenters. The number of aryl methyl sites for hydroxylation is 1. The van der Waals surface area contributed by atoms with E-state index in [0.29, 0.717) is 28.4 Å². The molecule has 6 nitrogen and oxygen atoms in total. The van der Waals surface area contributed by atoms with Crippen LogP contribution in [0.5, 0.6) is 0 Å². The summed E-state index contributed by atoms with van der Waals surface area (Å²) < 4.78 is 0. The molecule has 0 aliphatic rings. The standard InChI is InChI=1S/C10H15N6.CH3.Y/c1-3-4-5-12-10-15-7-8(11)13-6(2)14-9(7)16-10;;/h3-5H2,1-2H3,(H3-,11,12,13,14,15,16);1H3;/q2*-1;. The van der Waals surface area contributed by atoms with Crippen molar-refractivity contribution in [3.63, 3.8) is 0 Å². The Kier molecular flexibility index (Phi) is 7.32. The predicted octanol–water partition coefficient (Wildman–Crippen LogP) is 0.954. The van der Waals surface area contributed by atoms with Crippen LogP contribution in [0.4, 0.5) is 5.82 Å². The Morgan fingerprint density at radius 3 is 2.78 bits per heavy atom. The molecule has 3 N–H and O–H groups in total. The zero-order valence-electron chi connectivity index (χ0n) is 11.1. The number of nitrogen functional groups attached to an aromatic ring is 1. The van der Waals surface area contributed by atoms with Crippen LogP contribution in [0.2, 0.25) is 0 Å². The molecule has 0 amide bonds. The van der Waals surface area contributed by atoms with Crippen molar-refractivity contribution in [2.24, 2.45) is 4.99 Å². The Morgan fingerprint density at radius 2 is 2.11 bits per heavy atom. The molecular weight excluding hydrogens is 305 g/mol. The number of nitrogens with zero attached hydrogens (tertiary/aromatic N) is 4. The van der Waals surface area contributed by atoms with Gasteiger partial charge in [0, 0.05) is 32.7 Å². The van der Waals surface area contributed by atoms with E-state index in [1.807, 2.05) is 0 Å². The van der Waals surface area contributed by atoms with Gasteiger partial charge in [-0.3, -0.25) is 0 Å². The molecule has 0 aliphatic heterocycles. The number of imidazole rings is 1. The number of hydrogen-bond donors (Lipinski definition) is 2. The maximum absolute atomic E-state index is 5.76. The summed E-state index contributed by atoms with van der Waals surface area (Å²) in [7, 11) is 0. The maximum Gasteiger partial charge on any atom is 0.138 e. The molecule has 0 saturated heterocycles. The molecule has 7 heteroatoms. The van der Waals surface area contributed by atoms with Crippen molar-refractivity contribution in [2.75, 3.05) is 12.3 Å². The first-order chi connectivity index (χ1) is 7.70. The summed E-state index contributed by atoms with van der Waals surface area (Å²) in [6.07, 6.45) is 2.17. The SMILES string of the molecule is CCCCN=c1[n-]c2nc(C)nc(N)c2[nH]1.[CH3-].[Y]. The molecule has 2 heterocycles. The molecule has 0 fully saturated rings. The Hall–Kier alpha value is -0.746. The van der Waals surface area contributed by atoms with Gasteiger partial charge in [-0.2, -0.15) is 0 Å². The van der Waals surface area contributed by atoms with Gasteiger partial charge in [-0.05, 0) is 19.9 Å². The molecule has 0 unspecified atom stereocenters. The minimum Gasteiger partial charge on any atom is -0.385 e.